The van der Waals surface area contributed by atoms with Gasteiger partial charge in [-0.1, -0.05) is 0 Å². The summed E-state index contributed by atoms with van der Waals surface area (Å²) in [5.74, 6) is 0.157. The molecule has 3 N–H and O–H groups in total. The molecule has 1 fully saturated rings. The van der Waals surface area contributed by atoms with Crippen LogP contribution in [0.3, 0.4) is 0 Å². The van der Waals surface area contributed by atoms with Gasteiger partial charge in [-0.15, -0.1) is 0 Å². The zero-order valence-corrected chi connectivity index (χ0v) is 15.9. The third-order valence-electron chi connectivity index (χ3n) is 4.76. The van der Waals surface area contributed by atoms with Crippen molar-refractivity contribution in [3.63, 3.8) is 0 Å². The lowest BCUT2D eigenvalue weighted by atomic mass is 10.2. The highest BCUT2D eigenvalue weighted by Gasteiger charge is 2.22. The lowest BCUT2D eigenvalue weighted by molar-refractivity contribution is -0.114. The van der Waals surface area contributed by atoms with Gasteiger partial charge >= 0.3 is 0 Å². The molecule has 2 aromatic rings. The molecule has 1 aliphatic heterocycles. The zero-order valence-electron chi connectivity index (χ0n) is 15.9. The fraction of sp³-hybridized carbons (Fsp3) is 0.474. The van der Waals surface area contributed by atoms with Gasteiger partial charge in [-0.05, 0) is 25.1 Å². The first-order valence-electron chi connectivity index (χ1n) is 9.07. The molecule has 0 spiro atoms. The summed E-state index contributed by atoms with van der Waals surface area (Å²) in [5.41, 5.74) is 1.56. The molecular formula is C19H26N4O4. The van der Waals surface area contributed by atoms with Crippen molar-refractivity contribution in [3.8, 4) is 5.75 Å². The number of aromatic nitrogens is 1. The minimum absolute atomic E-state index is 0.200. The number of nitrogens with one attached hydrogen (secondary N) is 3. The smallest absolute Gasteiger partial charge is 0.269 e. The Morgan fingerprint density at radius 1 is 1.33 bits per heavy atom. The van der Waals surface area contributed by atoms with Crippen molar-refractivity contribution in [2.24, 2.45) is 0 Å². The van der Waals surface area contributed by atoms with Crippen molar-refractivity contribution in [2.75, 3.05) is 45.3 Å². The summed E-state index contributed by atoms with van der Waals surface area (Å²) in [5, 5.41) is 6.46. The van der Waals surface area contributed by atoms with Crippen LogP contribution in [-0.2, 0) is 9.53 Å². The van der Waals surface area contributed by atoms with Crippen molar-refractivity contribution >= 4 is 28.4 Å². The van der Waals surface area contributed by atoms with Gasteiger partial charge in [0, 0.05) is 43.5 Å². The third kappa shape index (κ3) is 4.40. The van der Waals surface area contributed by atoms with E-state index in [-0.39, 0.29) is 17.9 Å². The van der Waals surface area contributed by atoms with Crippen molar-refractivity contribution in [1.29, 1.82) is 0 Å². The molecule has 2 heterocycles. The van der Waals surface area contributed by atoms with Crippen LogP contribution in [0.2, 0.25) is 0 Å². The average molecular weight is 374 g/mol. The number of carbonyl (C=O) groups is 2. The maximum absolute atomic E-state index is 12.8. The fourth-order valence-corrected chi connectivity index (χ4v) is 3.25. The lowest BCUT2D eigenvalue weighted by Crippen LogP contribution is -2.47. The van der Waals surface area contributed by atoms with Gasteiger partial charge in [0.25, 0.3) is 5.91 Å². The number of H-pyrrole nitrogens is 1. The number of rotatable bonds is 6. The largest absolute Gasteiger partial charge is 0.497 e. The van der Waals surface area contributed by atoms with Crippen LogP contribution in [0.4, 0.5) is 5.69 Å². The van der Waals surface area contributed by atoms with Crippen LogP contribution in [0.25, 0.3) is 10.9 Å². The van der Waals surface area contributed by atoms with Gasteiger partial charge < -0.3 is 25.1 Å². The van der Waals surface area contributed by atoms with E-state index in [0.717, 1.165) is 37.2 Å². The number of anilines is 1. The van der Waals surface area contributed by atoms with E-state index in [1.807, 2.05) is 6.07 Å². The standard InChI is InChI=1S/C19H26N4O4/c1-12(23-6-8-27-9-7-23)11-20-19(25)18-17(21-13(2)24)15-10-14(26-3)4-5-16(15)22-18/h4-5,10,12,22H,6-9,11H2,1-3H3,(H,20,25)(H,21,24)/t12-/m0/s1. The summed E-state index contributed by atoms with van der Waals surface area (Å²) < 4.78 is 10.6. The van der Waals surface area contributed by atoms with Gasteiger partial charge in [-0.3, -0.25) is 14.5 Å². The van der Waals surface area contributed by atoms with E-state index >= 15 is 0 Å². The molecule has 1 saturated heterocycles. The number of nitrogens with zero attached hydrogens (tertiary/aromatic N) is 1. The molecule has 8 heteroatoms. The number of hydrogen-bond donors (Lipinski definition) is 3. The second-order valence-corrected chi connectivity index (χ2v) is 6.68. The molecule has 0 aliphatic carbocycles. The number of morpholine rings is 1. The molecule has 0 saturated carbocycles. The quantitative estimate of drug-likeness (QED) is 0.714. The molecule has 2 amide bonds. The van der Waals surface area contributed by atoms with E-state index in [4.69, 9.17) is 9.47 Å². The molecule has 1 aromatic heterocycles. The Balaban J connectivity index is 1.79. The van der Waals surface area contributed by atoms with Crippen LogP contribution in [-0.4, -0.2) is 67.7 Å². The summed E-state index contributed by atoms with van der Waals surface area (Å²) in [7, 11) is 1.58. The number of fused-ring (bicyclic) bond motifs is 1. The van der Waals surface area contributed by atoms with E-state index in [9.17, 15) is 9.59 Å². The van der Waals surface area contributed by atoms with Gasteiger partial charge in [0.1, 0.15) is 11.4 Å². The van der Waals surface area contributed by atoms with Gasteiger partial charge in [0.15, 0.2) is 0 Å². The molecule has 3 rings (SSSR count). The van der Waals surface area contributed by atoms with Gasteiger partial charge in [-0.2, -0.15) is 0 Å². The maximum Gasteiger partial charge on any atom is 0.269 e. The van der Waals surface area contributed by atoms with Crippen LogP contribution in [0.1, 0.15) is 24.3 Å². The Hall–Kier alpha value is -2.58. The van der Waals surface area contributed by atoms with Crippen molar-refractivity contribution < 1.29 is 19.1 Å². The number of amides is 2. The highest BCUT2D eigenvalue weighted by atomic mass is 16.5. The zero-order chi connectivity index (χ0) is 19.4. The minimum Gasteiger partial charge on any atom is -0.497 e. The van der Waals surface area contributed by atoms with Crippen LogP contribution in [0, 0.1) is 0 Å². The Morgan fingerprint density at radius 3 is 2.74 bits per heavy atom. The highest BCUT2D eigenvalue weighted by molar-refractivity contribution is 6.12. The molecule has 0 unspecified atom stereocenters. The summed E-state index contributed by atoms with van der Waals surface area (Å²) in [6.45, 7) is 7.17. The van der Waals surface area contributed by atoms with Crippen molar-refractivity contribution in [2.45, 2.75) is 19.9 Å². The average Bonchev–Trinajstić information content (AvgIpc) is 3.03. The number of carbonyl (C=O) groups excluding carboxylic acids is 2. The van der Waals surface area contributed by atoms with Crippen molar-refractivity contribution in [3.05, 3.63) is 23.9 Å². The second kappa shape index (κ2) is 8.41. The molecule has 146 valence electrons. The first kappa shape index (κ1) is 19.2. The molecule has 1 aromatic carbocycles. The molecular weight excluding hydrogens is 348 g/mol. The van der Waals surface area contributed by atoms with Gasteiger partial charge in [-0.25, -0.2) is 0 Å². The first-order chi connectivity index (χ1) is 13.0. The molecule has 8 nitrogen and oxygen atoms in total. The Labute approximate surface area is 158 Å². The fourth-order valence-electron chi connectivity index (χ4n) is 3.25. The third-order valence-corrected chi connectivity index (χ3v) is 4.76. The molecule has 0 radical (unpaired) electrons. The predicted octanol–water partition coefficient (Wildman–Crippen LogP) is 1.59. The Kier molecular flexibility index (Phi) is 5.98. The van der Waals surface area contributed by atoms with Gasteiger partial charge in [0.2, 0.25) is 5.91 Å². The topological polar surface area (TPSA) is 95.7 Å². The summed E-state index contributed by atoms with van der Waals surface area (Å²) in [4.78, 5) is 29.8. The Bertz CT molecular complexity index is 826. The second-order valence-electron chi connectivity index (χ2n) is 6.68. The molecule has 0 bridgehead atoms. The van der Waals surface area contributed by atoms with Gasteiger partial charge in [0.05, 0.1) is 26.0 Å². The monoisotopic (exact) mass is 374 g/mol. The van der Waals surface area contributed by atoms with Crippen LogP contribution < -0.4 is 15.4 Å². The predicted molar refractivity (Wildman–Crippen MR) is 103 cm³/mol. The minimum atomic E-state index is -0.256. The summed E-state index contributed by atoms with van der Waals surface area (Å²) >= 11 is 0. The number of aromatic amines is 1. The number of methoxy groups -OCH3 is 1. The van der Waals surface area contributed by atoms with Crippen LogP contribution in [0.15, 0.2) is 18.2 Å². The molecule has 27 heavy (non-hydrogen) atoms. The Morgan fingerprint density at radius 2 is 2.07 bits per heavy atom. The SMILES string of the molecule is COc1ccc2[nH]c(C(=O)NC[C@H](C)N3CCOCC3)c(NC(C)=O)c2c1. The van der Waals surface area contributed by atoms with E-state index in [0.29, 0.717) is 23.7 Å². The first-order valence-corrected chi connectivity index (χ1v) is 9.07. The molecule has 1 aliphatic rings. The van der Waals surface area contributed by atoms with Crippen LogP contribution in [0.5, 0.6) is 5.75 Å². The number of ether oxygens (including phenoxy) is 2. The highest BCUT2D eigenvalue weighted by Crippen LogP contribution is 2.31. The molecule has 1 atom stereocenters. The van der Waals surface area contributed by atoms with E-state index in [1.54, 1.807) is 19.2 Å². The number of benzene rings is 1. The maximum atomic E-state index is 12.8. The van der Waals surface area contributed by atoms with E-state index < -0.39 is 0 Å². The summed E-state index contributed by atoms with van der Waals surface area (Å²) in [6.07, 6.45) is 0. The lowest BCUT2D eigenvalue weighted by Gasteiger charge is -2.32. The summed E-state index contributed by atoms with van der Waals surface area (Å²) in [6, 6.07) is 5.63. The van der Waals surface area contributed by atoms with E-state index in [2.05, 4.69) is 27.4 Å². The van der Waals surface area contributed by atoms with E-state index in [1.165, 1.54) is 6.92 Å². The normalized spacial score (nSPS) is 16.1. The van der Waals surface area contributed by atoms with Crippen molar-refractivity contribution in [1.82, 2.24) is 15.2 Å². The number of hydrogen-bond acceptors (Lipinski definition) is 5. The van der Waals surface area contributed by atoms with Crippen LogP contribution >= 0.6 is 0 Å².